The number of fused-ring (bicyclic) bond motifs is 1. The zero-order chi connectivity index (χ0) is 23.3. The Hall–Kier alpha value is -3.07. The van der Waals surface area contributed by atoms with Gasteiger partial charge in [0.2, 0.25) is 11.9 Å². The number of anilines is 4. The molecule has 1 saturated carbocycles. The molecule has 4 heterocycles. The average molecular weight is 466 g/mol. The first-order valence-electron chi connectivity index (χ1n) is 11.9. The molecule has 178 valence electrons. The highest BCUT2D eigenvalue weighted by Gasteiger charge is 2.58. The molecule has 2 aromatic heterocycles. The van der Waals surface area contributed by atoms with Gasteiger partial charge in [0.05, 0.1) is 0 Å². The van der Waals surface area contributed by atoms with Gasteiger partial charge in [-0.15, -0.1) is 0 Å². The Kier molecular flexibility index (Phi) is 5.05. The maximum atomic E-state index is 13.6. The molecule has 0 amide bonds. The fraction of sp³-hybridized carbons (Fsp3) is 0.480. The normalized spacial score (nSPS) is 21.7. The van der Waals surface area contributed by atoms with Gasteiger partial charge >= 0.3 is 0 Å². The third kappa shape index (κ3) is 4.02. The summed E-state index contributed by atoms with van der Waals surface area (Å²) in [5, 5.41) is 4.20. The van der Waals surface area contributed by atoms with E-state index in [0.717, 1.165) is 61.6 Å². The van der Waals surface area contributed by atoms with Crippen molar-refractivity contribution in [3.63, 3.8) is 0 Å². The van der Waals surface area contributed by atoms with E-state index in [2.05, 4.69) is 49.2 Å². The number of nitrogens with zero attached hydrogens (tertiary/aromatic N) is 6. The molecule has 0 radical (unpaired) electrons. The van der Waals surface area contributed by atoms with E-state index in [9.17, 15) is 8.78 Å². The van der Waals surface area contributed by atoms with Gasteiger partial charge in [-0.05, 0) is 43.8 Å². The second-order valence-corrected chi connectivity index (χ2v) is 10.1. The number of hydrogen-bond donors (Lipinski definition) is 1. The molecule has 1 N–H and O–H groups in total. The largest absolute Gasteiger partial charge is 0.369 e. The summed E-state index contributed by atoms with van der Waals surface area (Å²) in [4.78, 5) is 20.7. The van der Waals surface area contributed by atoms with Crippen molar-refractivity contribution in [1.29, 1.82) is 0 Å². The van der Waals surface area contributed by atoms with Gasteiger partial charge < -0.3 is 20.0 Å². The predicted octanol–water partition coefficient (Wildman–Crippen LogP) is 4.15. The summed E-state index contributed by atoms with van der Waals surface area (Å²) in [6.07, 6.45) is 4.26. The molecular formula is C25H29F2N7. The number of benzene rings is 1. The quantitative estimate of drug-likeness (QED) is 0.621. The maximum absolute atomic E-state index is 13.6. The zero-order valence-electron chi connectivity index (χ0n) is 19.3. The first kappa shape index (κ1) is 21.5. The molecule has 7 nitrogen and oxygen atoms in total. The van der Waals surface area contributed by atoms with Crippen molar-refractivity contribution in [2.75, 3.05) is 61.4 Å². The van der Waals surface area contributed by atoms with Crippen molar-refractivity contribution < 1.29 is 8.78 Å². The molecule has 34 heavy (non-hydrogen) atoms. The monoisotopic (exact) mass is 465 g/mol. The maximum Gasteiger partial charge on any atom is 0.249 e. The van der Waals surface area contributed by atoms with Crippen molar-refractivity contribution in [2.24, 2.45) is 5.41 Å². The standard InChI is InChI=1S/C25H29F2N7/c1-32-10-12-33(13-11-32)20-4-2-19(3-5-20)30-23-29-14-18-6-8-28-22(21(18)31-23)34-9-7-24(17-34)15-25(26,27)16-24/h2-6,8,14H,7,9-13,15-17H2,1H3,(H,29,30,31). The Morgan fingerprint density at radius 1 is 0.912 bits per heavy atom. The summed E-state index contributed by atoms with van der Waals surface area (Å²) in [5.41, 5.74) is 2.60. The highest BCUT2D eigenvalue weighted by Crippen LogP contribution is 2.57. The van der Waals surface area contributed by atoms with Gasteiger partial charge in [-0.3, -0.25) is 0 Å². The minimum Gasteiger partial charge on any atom is -0.369 e. The SMILES string of the molecule is CN1CCN(c2ccc(Nc3ncc4ccnc(N5CCC6(C5)CC(F)(F)C6)c4n3)cc2)CC1. The Morgan fingerprint density at radius 2 is 1.68 bits per heavy atom. The fourth-order valence-corrected chi connectivity index (χ4v) is 5.63. The summed E-state index contributed by atoms with van der Waals surface area (Å²) >= 11 is 0. The molecule has 3 fully saturated rings. The molecule has 2 saturated heterocycles. The van der Waals surface area contributed by atoms with Crippen LogP contribution in [0.15, 0.2) is 42.7 Å². The molecule has 0 bridgehead atoms. The number of nitrogens with one attached hydrogen (secondary N) is 1. The van der Waals surface area contributed by atoms with Crippen molar-refractivity contribution in [3.05, 3.63) is 42.7 Å². The Morgan fingerprint density at radius 3 is 2.41 bits per heavy atom. The van der Waals surface area contributed by atoms with Gasteiger partial charge in [0, 0.05) is 86.7 Å². The molecule has 0 unspecified atom stereocenters. The van der Waals surface area contributed by atoms with E-state index in [1.165, 1.54) is 5.69 Å². The number of rotatable bonds is 4. The predicted molar refractivity (Wildman–Crippen MR) is 130 cm³/mol. The molecule has 2 aliphatic heterocycles. The van der Waals surface area contributed by atoms with Crippen LogP contribution in [0.3, 0.4) is 0 Å². The van der Waals surface area contributed by atoms with Crippen LogP contribution in [0.25, 0.3) is 10.9 Å². The van der Waals surface area contributed by atoms with E-state index in [1.54, 1.807) is 12.4 Å². The Balaban J connectivity index is 1.20. The topological polar surface area (TPSA) is 60.4 Å². The minimum atomic E-state index is -2.51. The summed E-state index contributed by atoms with van der Waals surface area (Å²) in [6.45, 7) is 5.53. The Labute approximate surface area is 197 Å². The molecule has 9 heteroatoms. The number of alkyl halides is 2. The molecule has 3 aromatic rings. The van der Waals surface area contributed by atoms with Gasteiger partial charge in [-0.1, -0.05) is 0 Å². The highest BCUT2D eigenvalue weighted by atomic mass is 19.3. The smallest absolute Gasteiger partial charge is 0.249 e. The number of pyridine rings is 1. The molecule has 1 aromatic carbocycles. The van der Waals surface area contributed by atoms with Crippen molar-refractivity contribution in [1.82, 2.24) is 19.9 Å². The summed E-state index contributed by atoms with van der Waals surface area (Å²) < 4.78 is 27.1. The van der Waals surface area contributed by atoms with Gasteiger partial charge in [-0.2, -0.15) is 0 Å². The van der Waals surface area contributed by atoms with Gasteiger partial charge in [-0.25, -0.2) is 23.7 Å². The number of aromatic nitrogens is 3. The third-order valence-electron chi connectivity index (χ3n) is 7.48. The van der Waals surface area contributed by atoms with E-state index < -0.39 is 5.92 Å². The van der Waals surface area contributed by atoms with Crippen molar-refractivity contribution in [3.8, 4) is 0 Å². The third-order valence-corrected chi connectivity index (χ3v) is 7.48. The first-order chi connectivity index (χ1) is 16.4. The molecule has 0 atom stereocenters. The van der Waals surface area contributed by atoms with E-state index in [1.807, 2.05) is 18.2 Å². The van der Waals surface area contributed by atoms with E-state index >= 15 is 0 Å². The lowest BCUT2D eigenvalue weighted by Crippen LogP contribution is -2.47. The average Bonchev–Trinajstić information content (AvgIpc) is 3.23. The van der Waals surface area contributed by atoms with Crippen molar-refractivity contribution in [2.45, 2.75) is 25.2 Å². The van der Waals surface area contributed by atoms with E-state index in [-0.39, 0.29) is 18.3 Å². The van der Waals surface area contributed by atoms with Crippen molar-refractivity contribution >= 4 is 34.0 Å². The van der Waals surface area contributed by atoms with Crippen LogP contribution in [0.1, 0.15) is 19.3 Å². The number of halogens is 2. The lowest BCUT2D eigenvalue weighted by atomic mass is 9.65. The zero-order valence-corrected chi connectivity index (χ0v) is 19.3. The molecule has 3 aliphatic rings. The van der Waals surface area contributed by atoms with Crippen LogP contribution in [-0.2, 0) is 0 Å². The summed E-state index contributed by atoms with van der Waals surface area (Å²) in [7, 11) is 2.16. The molecule has 1 spiro atoms. The molecule has 1 aliphatic carbocycles. The van der Waals surface area contributed by atoms with E-state index in [0.29, 0.717) is 12.5 Å². The summed E-state index contributed by atoms with van der Waals surface area (Å²) in [5.74, 6) is -1.26. The number of likely N-dealkylation sites (N-methyl/N-ethyl adjacent to an activating group) is 1. The molecule has 6 rings (SSSR count). The van der Waals surface area contributed by atoms with Crippen LogP contribution < -0.4 is 15.1 Å². The number of piperazine rings is 1. The fourth-order valence-electron chi connectivity index (χ4n) is 5.63. The first-order valence-corrected chi connectivity index (χ1v) is 11.9. The lowest BCUT2D eigenvalue weighted by Gasteiger charge is -2.44. The number of hydrogen-bond acceptors (Lipinski definition) is 7. The van der Waals surface area contributed by atoms with Crippen LogP contribution in [0.4, 0.5) is 31.9 Å². The second kappa shape index (κ2) is 8.01. The van der Waals surface area contributed by atoms with Crippen LogP contribution in [-0.4, -0.2) is 72.1 Å². The second-order valence-electron chi connectivity index (χ2n) is 10.1. The lowest BCUT2D eigenvalue weighted by molar-refractivity contribution is -0.152. The van der Waals surface area contributed by atoms with Gasteiger partial charge in [0.1, 0.15) is 5.52 Å². The van der Waals surface area contributed by atoms with Crippen LogP contribution >= 0.6 is 0 Å². The minimum absolute atomic E-state index is 0.0207. The van der Waals surface area contributed by atoms with E-state index in [4.69, 9.17) is 4.98 Å². The van der Waals surface area contributed by atoms with Crippen LogP contribution in [0, 0.1) is 5.41 Å². The Bertz CT molecular complexity index is 1180. The summed E-state index contributed by atoms with van der Waals surface area (Å²) in [6, 6.07) is 10.2. The van der Waals surface area contributed by atoms with Crippen LogP contribution in [0.5, 0.6) is 0 Å². The van der Waals surface area contributed by atoms with Gasteiger partial charge in [0.25, 0.3) is 0 Å². The van der Waals surface area contributed by atoms with Crippen LogP contribution in [0.2, 0.25) is 0 Å². The highest BCUT2D eigenvalue weighted by molar-refractivity contribution is 5.89. The molecular weight excluding hydrogens is 436 g/mol. The van der Waals surface area contributed by atoms with Gasteiger partial charge in [0.15, 0.2) is 5.82 Å².